The lowest BCUT2D eigenvalue weighted by Crippen LogP contribution is -2.35. The van der Waals surface area contributed by atoms with Crippen molar-refractivity contribution in [2.75, 3.05) is 38.9 Å². The first kappa shape index (κ1) is 38.1. The molecule has 0 saturated carbocycles. The fourth-order valence-electron chi connectivity index (χ4n) is 2.97. The molecule has 0 radical (unpaired) electrons. The minimum Gasteiger partial charge on any atom is -0.481 e. The maximum atomic E-state index is 12.7. The van der Waals surface area contributed by atoms with E-state index in [4.69, 9.17) is 32.7 Å². The summed E-state index contributed by atoms with van der Waals surface area (Å²) in [5.74, 6) is -2.20. The third-order valence-corrected chi connectivity index (χ3v) is 7.26. The summed E-state index contributed by atoms with van der Waals surface area (Å²) in [6.45, 7) is 7.58. The number of carboxylic acids is 1. The number of halogens is 2. The Hall–Kier alpha value is -3.97. The number of methoxy groups -OCH3 is 2. The summed E-state index contributed by atoms with van der Waals surface area (Å²) < 4.78 is 61.5. The van der Waals surface area contributed by atoms with E-state index in [-0.39, 0.29) is 35.7 Å². The standard InChI is InChI=1S/C16H19N5O9S2.C8H11Cl2NO/c1-29-12-7-13(30-2)19-15(18-12)20-16(24)21-32(27,28)11-6-9(8-17-31(3,25)26)4-5-10(11)14(22)23;1-3-5-11(6-4-2)8(12)7(9)10/h4-7,17H,8H2,1-3H3,(H,22,23)(H2,18,19,20,21,24);3-4,7H,1-2,5-6H2. The van der Waals surface area contributed by atoms with Gasteiger partial charge in [0, 0.05) is 19.6 Å². The lowest BCUT2D eigenvalue weighted by molar-refractivity contribution is -0.128. The molecule has 1 heterocycles. The fraction of sp³-hybridized carbons (Fsp3) is 0.292. The van der Waals surface area contributed by atoms with Gasteiger partial charge >= 0.3 is 12.0 Å². The number of carbonyl (C=O) groups excluding carboxylic acids is 2. The van der Waals surface area contributed by atoms with E-state index in [0.29, 0.717) is 13.1 Å². The number of aromatic carboxylic acids is 1. The molecule has 242 valence electrons. The minimum absolute atomic E-state index is 0.0225. The van der Waals surface area contributed by atoms with Gasteiger partial charge in [-0.2, -0.15) is 9.97 Å². The maximum Gasteiger partial charge on any atom is 0.337 e. The van der Waals surface area contributed by atoms with Crippen molar-refractivity contribution in [2.24, 2.45) is 0 Å². The SMILES string of the molecule is C=CCN(CC=C)C(=O)C(Cl)Cl.COc1cc(OC)nc(NC(=O)NS(=O)(=O)c2cc(CNS(C)(=O)=O)ccc2C(=O)O)n1. The van der Waals surface area contributed by atoms with E-state index in [1.807, 2.05) is 0 Å². The van der Waals surface area contributed by atoms with Gasteiger partial charge in [0.2, 0.25) is 27.7 Å². The molecule has 0 spiro atoms. The number of rotatable bonds is 14. The number of nitrogens with zero attached hydrogens (tertiary/aromatic N) is 3. The molecular weight excluding hydrogens is 667 g/mol. The highest BCUT2D eigenvalue weighted by Crippen LogP contribution is 2.20. The summed E-state index contributed by atoms with van der Waals surface area (Å²) in [6.07, 6.45) is 4.12. The van der Waals surface area contributed by atoms with Crippen LogP contribution in [0.3, 0.4) is 0 Å². The van der Waals surface area contributed by atoms with Crippen LogP contribution in [0.4, 0.5) is 10.7 Å². The van der Waals surface area contributed by atoms with Gasteiger partial charge < -0.3 is 19.5 Å². The number of anilines is 1. The molecule has 1 aromatic heterocycles. The van der Waals surface area contributed by atoms with Crippen LogP contribution in [0, 0.1) is 0 Å². The zero-order valence-electron chi connectivity index (χ0n) is 23.6. The predicted octanol–water partition coefficient (Wildman–Crippen LogP) is 1.74. The molecule has 20 heteroatoms. The van der Waals surface area contributed by atoms with Crippen LogP contribution in [0.15, 0.2) is 54.5 Å². The quantitative estimate of drug-likeness (QED) is 0.164. The van der Waals surface area contributed by atoms with E-state index < -0.39 is 47.3 Å². The summed E-state index contributed by atoms with van der Waals surface area (Å²) in [4.78, 5) is 42.2. The maximum absolute atomic E-state index is 12.7. The van der Waals surface area contributed by atoms with Crippen molar-refractivity contribution < 1.29 is 45.8 Å². The summed E-state index contributed by atoms with van der Waals surface area (Å²) >= 11 is 10.8. The van der Waals surface area contributed by atoms with E-state index in [1.165, 1.54) is 31.3 Å². The van der Waals surface area contributed by atoms with Crippen molar-refractivity contribution in [3.05, 3.63) is 60.7 Å². The average molecular weight is 698 g/mol. The van der Waals surface area contributed by atoms with Crippen molar-refractivity contribution in [3.63, 3.8) is 0 Å². The van der Waals surface area contributed by atoms with E-state index in [1.54, 1.807) is 16.9 Å². The Morgan fingerprint density at radius 2 is 1.57 bits per heavy atom. The Bertz CT molecular complexity index is 1560. The number of nitrogens with one attached hydrogen (secondary N) is 3. The van der Waals surface area contributed by atoms with Gasteiger partial charge in [-0.15, -0.1) is 13.2 Å². The van der Waals surface area contributed by atoms with Crippen LogP contribution in [-0.2, 0) is 31.4 Å². The van der Waals surface area contributed by atoms with Crippen LogP contribution in [0.25, 0.3) is 0 Å². The Morgan fingerprint density at radius 3 is 2.00 bits per heavy atom. The highest BCUT2D eigenvalue weighted by Gasteiger charge is 2.26. The third-order valence-electron chi connectivity index (χ3n) is 4.85. The lowest BCUT2D eigenvalue weighted by atomic mass is 10.1. The minimum atomic E-state index is -4.70. The number of ether oxygens (including phenoxy) is 2. The molecule has 4 N–H and O–H groups in total. The largest absolute Gasteiger partial charge is 0.481 e. The summed E-state index contributed by atoms with van der Waals surface area (Å²) in [5, 5.41) is 11.4. The third kappa shape index (κ3) is 12.7. The van der Waals surface area contributed by atoms with Gasteiger partial charge in [-0.25, -0.2) is 35.9 Å². The van der Waals surface area contributed by atoms with E-state index in [0.717, 1.165) is 18.4 Å². The summed E-state index contributed by atoms with van der Waals surface area (Å²) in [6, 6.07) is 3.16. The molecular formula is C24H30Cl2N6O10S2. The summed E-state index contributed by atoms with van der Waals surface area (Å²) in [7, 11) is -5.69. The molecule has 0 unspecified atom stereocenters. The number of sulfonamides is 2. The van der Waals surface area contributed by atoms with Crippen molar-refractivity contribution >= 4 is 67.1 Å². The Kier molecular flexibility index (Phi) is 15.0. The molecule has 0 aliphatic rings. The van der Waals surface area contributed by atoms with Crippen LogP contribution >= 0.6 is 23.2 Å². The van der Waals surface area contributed by atoms with E-state index in [2.05, 4.69) is 33.2 Å². The molecule has 0 fully saturated rings. The summed E-state index contributed by atoms with van der Waals surface area (Å²) in [5.41, 5.74) is -0.491. The van der Waals surface area contributed by atoms with E-state index >= 15 is 0 Å². The average Bonchev–Trinajstić information content (AvgIpc) is 2.94. The molecule has 16 nitrogen and oxygen atoms in total. The molecule has 0 bridgehead atoms. The Balaban J connectivity index is 0.000000681. The van der Waals surface area contributed by atoms with Gasteiger partial charge in [-0.1, -0.05) is 41.4 Å². The fourth-order valence-corrected chi connectivity index (χ4v) is 4.83. The predicted molar refractivity (Wildman–Crippen MR) is 162 cm³/mol. The smallest absolute Gasteiger partial charge is 0.337 e. The number of carboxylic acid groups (broad SMARTS) is 1. The molecule has 0 atom stereocenters. The van der Waals surface area contributed by atoms with E-state index in [9.17, 15) is 36.3 Å². The molecule has 2 rings (SSSR count). The number of amides is 3. The first-order valence-corrected chi connectivity index (χ1v) is 16.1. The Labute approximate surface area is 264 Å². The highest BCUT2D eigenvalue weighted by molar-refractivity contribution is 7.90. The van der Waals surface area contributed by atoms with Crippen molar-refractivity contribution in [3.8, 4) is 11.8 Å². The number of urea groups is 1. The number of aromatic nitrogens is 2. The van der Waals surface area contributed by atoms with Crippen molar-refractivity contribution in [1.82, 2.24) is 24.3 Å². The molecule has 0 saturated heterocycles. The number of alkyl halides is 2. The number of hydrogen-bond acceptors (Lipinski definition) is 11. The normalized spacial score (nSPS) is 11.0. The van der Waals surface area contributed by atoms with Crippen LogP contribution in [-0.4, -0.2) is 93.1 Å². The first-order chi connectivity index (χ1) is 20.5. The Morgan fingerprint density at radius 1 is 1.02 bits per heavy atom. The topological polar surface area (TPSA) is 223 Å². The molecule has 3 amide bonds. The van der Waals surface area contributed by atoms with Crippen LogP contribution in [0.2, 0.25) is 0 Å². The van der Waals surface area contributed by atoms with Crippen LogP contribution in [0.5, 0.6) is 11.8 Å². The second-order valence-corrected chi connectivity index (χ2v) is 12.8. The second-order valence-electron chi connectivity index (χ2n) is 8.19. The monoisotopic (exact) mass is 696 g/mol. The van der Waals surface area contributed by atoms with Gasteiger partial charge in [0.15, 0.2) is 4.84 Å². The van der Waals surface area contributed by atoms with Gasteiger partial charge in [-0.3, -0.25) is 10.1 Å². The highest BCUT2D eigenvalue weighted by atomic mass is 35.5. The molecule has 0 aliphatic heterocycles. The molecule has 0 aliphatic carbocycles. The molecule has 2 aromatic rings. The van der Waals surface area contributed by atoms with Crippen molar-refractivity contribution in [1.29, 1.82) is 0 Å². The van der Waals surface area contributed by atoms with Gasteiger partial charge in [0.1, 0.15) is 4.90 Å². The molecule has 1 aromatic carbocycles. The van der Waals surface area contributed by atoms with Crippen LogP contribution in [0.1, 0.15) is 15.9 Å². The zero-order chi connectivity index (χ0) is 33.7. The van der Waals surface area contributed by atoms with Crippen LogP contribution < -0.4 is 24.2 Å². The molecule has 44 heavy (non-hydrogen) atoms. The number of benzene rings is 1. The van der Waals surface area contributed by atoms with Gasteiger partial charge in [-0.05, 0) is 17.7 Å². The number of hydrogen-bond donors (Lipinski definition) is 4. The lowest BCUT2D eigenvalue weighted by Gasteiger charge is -2.19. The number of carbonyl (C=O) groups is 3. The van der Waals surface area contributed by atoms with Gasteiger partial charge in [0.25, 0.3) is 15.9 Å². The zero-order valence-corrected chi connectivity index (χ0v) is 26.8. The van der Waals surface area contributed by atoms with Gasteiger partial charge in [0.05, 0.1) is 32.1 Å². The second kappa shape index (κ2) is 17.4. The first-order valence-electron chi connectivity index (χ1n) is 11.9. The van der Waals surface area contributed by atoms with Crippen molar-refractivity contribution in [2.45, 2.75) is 16.3 Å².